The van der Waals surface area contributed by atoms with E-state index in [0.29, 0.717) is 23.0 Å². The van der Waals surface area contributed by atoms with E-state index >= 15 is 0 Å². The largest absolute Gasteiger partial charge is 0.454 e. The predicted octanol–water partition coefficient (Wildman–Crippen LogP) is 1.62. The van der Waals surface area contributed by atoms with Crippen LogP contribution in [0.5, 0.6) is 11.5 Å². The van der Waals surface area contributed by atoms with E-state index in [-0.39, 0.29) is 24.9 Å². The van der Waals surface area contributed by atoms with Crippen molar-refractivity contribution in [2.45, 2.75) is 45.2 Å². The maximum atomic E-state index is 12.8. The number of aromatic amines is 1. The van der Waals surface area contributed by atoms with E-state index in [0.717, 1.165) is 30.3 Å². The molecule has 1 aromatic carbocycles. The molecule has 1 aliphatic carbocycles. The smallest absolute Gasteiger partial charge is 0.328 e. The van der Waals surface area contributed by atoms with Gasteiger partial charge in [0.2, 0.25) is 6.79 Å². The highest BCUT2D eigenvalue weighted by Crippen LogP contribution is 2.32. The Bertz CT molecular complexity index is 1010. The van der Waals surface area contributed by atoms with Crippen LogP contribution in [-0.2, 0) is 6.54 Å². The van der Waals surface area contributed by atoms with Gasteiger partial charge in [-0.2, -0.15) is 0 Å². The van der Waals surface area contributed by atoms with Crippen LogP contribution in [0.1, 0.15) is 48.5 Å². The van der Waals surface area contributed by atoms with Crippen molar-refractivity contribution >= 4 is 5.91 Å². The van der Waals surface area contributed by atoms with E-state index in [4.69, 9.17) is 9.47 Å². The topological polar surface area (TPSA) is 102 Å². The average Bonchev–Trinajstić information content (AvgIpc) is 3.14. The second kappa shape index (κ2) is 7.53. The quantitative estimate of drug-likeness (QED) is 0.833. The minimum atomic E-state index is -0.609. The molecule has 0 saturated heterocycles. The van der Waals surface area contributed by atoms with Crippen LogP contribution < -0.4 is 26.0 Å². The van der Waals surface area contributed by atoms with Gasteiger partial charge in [0, 0.05) is 12.2 Å². The molecule has 148 valence electrons. The molecule has 8 heteroatoms. The van der Waals surface area contributed by atoms with E-state index < -0.39 is 17.2 Å². The highest BCUT2D eigenvalue weighted by Gasteiger charge is 2.25. The lowest BCUT2D eigenvalue weighted by Crippen LogP contribution is -2.45. The molecule has 1 aliphatic heterocycles. The number of hydrogen-bond donors (Lipinski definition) is 2. The molecule has 0 bridgehead atoms. The number of hydrogen-bond acceptors (Lipinski definition) is 5. The minimum absolute atomic E-state index is 0.0335. The summed E-state index contributed by atoms with van der Waals surface area (Å²) in [6, 6.07) is 5.27. The molecule has 2 atom stereocenters. The third-order valence-electron chi connectivity index (χ3n) is 5.51. The summed E-state index contributed by atoms with van der Waals surface area (Å²) in [5.74, 6) is 1.12. The standard InChI is InChI=1S/C20H23N3O5/c1-12-4-2-3-5-15(12)22-18(24)14-9-21-20(26)23(19(14)25)10-13-6-7-16-17(8-13)28-11-27-16/h6-9,12,15H,2-5,10-11H2,1H3,(H,21,26)(H,22,24). The fraction of sp³-hybridized carbons (Fsp3) is 0.450. The predicted molar refractivity (Wildman–Crippen MR) is 102 cm³/mol. The molecule has 2 N–H and O–H groups in total. The summed E-state index contributed by atoms with van der Waals surface area (Å²) >= 11 is 0. The Labute approximate surface area is 161 Å². The fourth-order valence-corrected chi connectivity index (χ4v) is 3.82. The Balaban J connectivity index is 1.58. The summed E-state index contributed by atoms with van der Waals surface area (Å²) < 4.78 is 11.6. The molecule has 28 heavy (non-hydrogen) atoms. The van der Waals surface area contributed by atoms with Gasteiger partial charge in [-0.3, -0.25) is 14.2 Å². The SMILES string of the molecule is CC1CCCCC1NC(=O)c1c[nH]c(=O)n(Cc2ccc3c(c2)OCO3)c1=O. The van der Waals surface area contributed by atoms with Crippen LogP contribution in [0.25, 0.3) is 0 Å². The lowest BCUT2D eigenvalue weighted by Gasteiger charge is -2.29. The normalized spacial score (nSPS) is 20.8. The van der Waals surface area contributed by atoms with Crippen LogP contribution in [0.3, 0.4) is 0 Å². The Morgan fingerprint density at radius 3 is 2.82 bits per heavy atom. The number of ether oxygens (including phenoxy) is 2. The number of amides is 1. The van der Waals surface area contributed by atoms with Gasteiger partial charge in [0.25, 0.3) is 11.5 Å². The van der Waals surface area contributed by atoms with Crippen molar-refractivity contribution in [3.05, 3.63) is 56.4 Å². The monoisotopic (exact) mass is 385 g/mol. The van der Waals surface area contributed by atoms with Crippen molar-refractivity contribution in [1.82, 2.24) is 14.9 Å². The number of nitrogens with one attached hydrogen (secondary N) is 2. The van der Waals surface area contributed by atoms with Crippen LogP contribution in [-0.4, -0.2) is 28.3 Å². The highest BCUT2D eigenvalue weighted by atomic mass is 16.7. The van der Waals surface area contributed by atoms with E-state index in [9.17, 15) is 14.4 Å². The van der Waals surface area contributed by atoms with E-state index in [1.807, 2.05) is 0 Å². The number of carbonyl (C=O) groups excluding carboxylic acids is 1. The molecule has 2 aliphatic rings. The van der Waals surface area contributed by atoms with Crippen LogP contribution in [0.2, 0.25) is 0 Å². The molecular formula is C20H23N3O5. The molecule has 4 rings (SSSR count). The second-order valence-corrected chi connectivity index (χ2v) is 7.43. The highest BCUT2D eigenvalue weighted by molar-refractivity contribution is 5.93. The van der Waals surface area contributed by atoms with Crippen LogP contribution in [0.4, 0.5) is 0 Å². The first-order chi connectivity index (χ1) is 13.5. The van der Waals surface area contributed by atoms with Crippen LogP contribution in [0, 0.1) is 5.92 Å². The minimum Gasteiger partial charge on any atom is -0.454 e. The first-order valence-electron chi connectivity index (χ1n) is 9.55. The van der Waals surface area contributed by atoms with Crippen molar-refractivity contribution < 1.29 is 14.3 Å². The van der Waals surface area contributed by atoms with Crippen molar-refractivity contribution in [3.8, 4) is 11.5 Å². The summed E-state index contributed by atoms with van der Waals surface area (Å²) in [7, 11) is 0. The number of nitrogens with zero attached hydrogens (tertiary/aromatic N) is 1. The molecule has 1 saturated carbocycles. The molecular weight excluding hydrogens is 362 g/mol. The van der Waals surface area contributed by atoms with Gasteiger partial charge in [-0.15, -0.1) is 0 Å². The van der Waals surface area contributed by atoms with Crippen molar-refractivity contribution in [1.29, 1.82) is 0 Å². The molecule has 2 aromatic rings. The Morgan fingerprint density at radius 1 is 1.21 bits per heavy atom. The zero-order valence-corrected chi connectivity index (χ0v) is 15.7. The van der Waals surface area contributed by atoms with E-state index in [1.165, 1.54) is 6.20 Å². The lowest BCUT2D eigenvalue weighted by molar-refractivity contribution is 0.0907. The zero-order valence-electron chi connectivity index (χ0n) is 15.7. The number of H-pyrrole nitrogens is 1. The molecule has 1 fully saturated rings. The van der Waals surface area contributed by atoms with Gasteiger partial charge in [0.1, 0.15) is 5.56 Å². The van der Waals surface area contributed by atoms with Gasteiger partial charge in [0.05, 0.1) is 6.54 Å². The number of rotatable bonds is 4. The zero-order chi connectivity index (χ0) is 19.7. The Hall–Kier alpha value is -3.03. The second-order valence-electron chi connectivity index (χ2n) is 7.43. The fourth-order valence-electron chi connectivity index (χ4n) is 3.82. The molecule has 2 unspecified atom stereocenters. The number of benzene rings is 1. The third kappa shape index (κ3) is 3.54. The maximum Gasteiger partial charge on any atom is 0.328 e. The third-order valence-corrected chi connectivity index (χ3v) is 5.51. The Morgan fingerprint density at radius 2 is 2.00 bits per heavy atom. The lowest BCUT2D eigenvalue weighted by atomic mass is 9.86. The van der Waals surface area contributed by atoms with Crippen molar-refractivity contribution in [2.24, 2.45) is 5.92 Å². The summed E-state index contributed by atoms with van der Waals surface area (Å²) in [6.45, 7) is 2.29. The maximum absolute atomic E-state index is 12.8. The molecule has 0 spiro atoms. The molecule has 0 radical (unpaired) electrons. The van der Waals surface area contributed by atoms with Gasteiger partial charge in [-0.05, 0) is 36.5 Å². The average molecular weight is 385 g/mol. The summed E-state index contributed by atoms with van der Waals surface area (Å²) in [5, 5.41) is 2.96. The molecule has 8 nitrogen and oxygen atoms in total. The summed E-state index contributed by atoms with van der Waals surface area (Å²) in [5.41, 5.74) is -0.527. The van der Waals surface area contributed by atoms with Gasteiger partial charge < -0.3 is 19.8 Å². The van der Waals surface area contributed by atoms with Crippen LogP contribution in [0.15, 0.2) is 34.0 Å². The molecule has 1 amide bonds. The number of aromatic nitrogens is 2. The molecule has 1 aromatic heterocycles. The van der Waals surface area contributed by atoms with Gasteiger partial charge in [0.15, 0.2) is 11.5 Å². The molecule has 2 heterocycles. The van der Waals surface area contributed by atoms with Gasteiger partial charge >= 0.3 is 5.69 Å². The summed E-state index contributed by atoms with van der Waals surface area (Å²) in [4.78, 5) is 40.2. The number of carbonyl (C=O) groups is 1. The van der Waals surface area contributed by atoms with Crippen molar-refractivity contribution in [3.63, 3.8) is 0 Å². The van der Waals surface area contributed by atoms with Crippen LogP contribution >= 0.6 is 0 Å². The van der Waals surface area contributed by atoms with E-state index in [2.05, 4.69) is 17.2 Å². The summed E-state index contributed by atoms with van der Waals surface area (Å²) in [6.07, 6.45) is 5.39. The number of fused-ring (bicyclic) bond motifs is 1. The van der Waals surface area contributed by atoms with E-state index in [1.54, 1.807) is 18.2 Å². The van der Waals surface area contributed by atoms with Gasteiger partial charge in [-0.25, -0.2) is 4.79 Å². The van der Waals surface area contributed by atoms with Gasteiger partial charge in [-0.1, -0.05) is 25.8 Å². The Kier molecular flexibility index (Phi) is 4.93. The van der Waals surface area contributed by atoms with Crippen molar-refractivity contribution in [2.75, 3.05) is 6.79 Å². The first-order valence-corrected chi connectivity index (χ1v) is 9.55. The first kappa shape index (κ1) is 18.3.